The number of carbonyl (C=O) groups is 1. The second-order valence-corrected chi connectivity index (χ2v) is 7.35. The molecule has 0 aliphatic carbocycles. The fourth-order valence-electron chi connectivity index (χ4n) is 3.28. The monoisotopic (exact) mass is 343 g/mol. The van der Waals surface area contributed by atoms with E-state index in [0.29, 0.717) is 0 Å². The molecule has 0 saturated heterocycles. The highest BCUT2D eigenvalue weighted by molar-refractivity contribution is 5.66. The Hall–Kier alpha value is -0.610. The minimum atomic E-state index is -0.694. The van der Waals surface area contributed by atoms with Crippen molar-refractivity contribution in [3.8, 4) is 0 Å². The fourth-order valence-corrected chi connectivity index (χ4v) is 3.28. The number of likely N-dealkylation sites (N-methyl/N-ethyl adjacent to an activating group) is 1. The first-order valence-corrected chi connectivity index (χ1v) is 10.0. The van der Waals surface area contributed by atoms with Crippen molar-refractivity contribution in [2.45, 2.75) is 109 Å². The predicted octanol–water partition coefficient (Wildman–Crippen LogP) is 4.84. The average molecular weight is 344 g/mol. The summed E-state index contributed by atoms with van der Waals surface area (Å²) in [6, 6.07) is 0.250. The van der Waals surface area contributed by atoms with Crippen molar-refractivity contribution >= 4 is 5.97 Å². The zero-order chi connectivity index (χ0) is 18.2. The number of hydrogen-bond acceptors (Lipinski definition) is 3. The molecule has 2 unspecified atom stereocenters. The molecule has 0 aliphatic rings. The van der Waals surface area contributed by atoms with Gasteiger partial charge in [0.25, 0.3) is 0 Å². The molecule has 0 saturated carbocycles. The van der Waals surface area contributed by atoms with Gasteiger partial charge in [-0.1, -0.05) is 71.1 Å². The second kappa shape index (κ2) is 15.9. The van der Waals surface area contributed by atoms with Gasteiger partial charge < -0.3 is 15.1 Å². The van der Waals surface area contributed by atoms with Gasteiger partial charge in [-0.3, -0.25) is 4.79 Å². The van der Waals surface area contributed by atoms with E-state index < -0.39 is 5.97 Å². The largest absolute Gasteiger partial charge is 0.481 e. The Balaban J connectivity index is 3.76. The van der Waals surface area contributed by atoms with Crippen LogP contribution in [0.1, 0.15) is 96.8 Å². The zero-order valence-electron chi connectivity index (χ0n) is 16.3. The van der Waals surface area contributed by atoms with E-state index in [9.17, 15) is 9.90 Å². The van der Waals surface area contributed by atoms with Crippen LogP contribution in [0.25, 0.3) is 0 Å². The predicted molar refractivity (Wildman–Crippen MR) is 101 cm³/mol. The maximum Gasteiger partial charge on any atom is 0.303 e. The maximum atomic E-state index is 10.5. The highest BCUT2D eigenvalue weighted by atomic mass is 16.4. The van der Waals surface area contributed by atoms with E-state index in [1.54, 1.807) is 0 Å². The van der Waals surface area contributed by atoms with Crippen molar-refractivity contribution < 1.29 is 15.0 Å². The molecule has 0 aromatic carbocycles. The van der Waals surface area contributed by atoms with Crippen LogP contribution in [0.4, 0.5) is 0 Å². The Morgan fingerprint density at radius 2 is 1.33 bits per heavy atom. The fraction of sp³-hybridized carbons (Fsp3) is 0.950. The van der Waals surface area contributed by atoms with Gasteiger partial charge in [-0.25, -0.2) is 0 Å². The molecule has 2 atom stereocenters. The van der Waals surface area contributed by atoms with Crippen LogP contribution in [0, 0.1) is 0 Å². The van der Waals surface area contributed by atoms with Gasteiger partial charge in [-0.05, 0) is 33.4 Å². The molecular weight excluding hydrogens is 302 g/mol. The Morgan fingerprint density at radius 3 is 1.88 bits per heavy atom. The van der Waals surface area contributed by atoms with E-state index in [1.165, 1.54) is 32.1 Å². The molecule has 4 heteroatoms. The van der Waals surface area contributed by atoms with Crippen LogP contribution in [0.3, 0.4) is 0 Å². The number of carboxylic acids is 1. The molecule has 2 N–H and O–H groups in total. The third kappa shape index (κ3) is 13.8. The van der Waals surface area contributed by atoms with E-state index in [-0.39, 0.29) is 18.6 Å². The molecule has 0 aromatic heterocycles. The summed E-state index contributed by atoms with van der Waals surface area (Å²) in [5.41, 5.74) is 0. The van der Waals surface area contributed by atoms with Crippen LogP contribution in [0.15, 0.2) is 0 Å². The molecule has 0 fully saturated rings. The third-order valence-corrected chi connectivity index (χ3v) is 4.85. The van der Waals surface area contributed by atoms with E-state index in [0.717, 1.165) is 51.4 Å². The number of unbranched alkanes of at least 4 members (excludes halogenated alkanes) is 9. The lowest BCUT2D eigenvalue weighted by atomic mass is 9.97. The molecular formula is C20H41NO3. The summed E-state index contributed by atoms with van der Waals surface area (Å²) in [5.74, 6) is -0.694. The van der Waals surface area contributed by atoms with Crippen LogP contribution in [-0.2, 0) is 4.79 Å². The minimum Gasteiger partial charge on any atom is -0.481 e. The molecule has 144 valence electrons. The van der Waals surface area contributed by atoms with Crippen molar-refractivity contribution in [1.82, 2.24) is 4.90 Å². The van der Waals surface area contributed by atoms with Crippen LogP contribution >= 0.6 is 0 Å². The topological polar surface area (TPSA) is 60.8 Å². The number of nitrogens with zero attached hydrogens (tertiary/aromatic N) is 1. The lowest BCUT2D eigenvalue weighted by Gasteiger charge is -2.29. The van der Waals surface area contributed by atoms with Gasteiger partial charge in [-0.15, -0.1) is 0 Å². The number of carboxylic acid groups (broad SMARTS) is 1. The van der Waals surface area contributed by atoms with Crippen LogP contribution in [0.5, 0.6) is 0 Å². The van der Waals surface area contributed by atoms with Gasteiger partial charge in [0.1, 0.15) is 0 Å². The molecule has 24 heavy (non-hydrogen) atoms. The third-order valence-electron chi connectivity index (χ3n) is 4.85. The number of aliphatic carboxylic acids is 1. The Morgan fingerprint density at radius 1 is 0.833 bits per heavy atom. The van der Waals surface area contributed by atoms with Crippen molar-refractivity contribution in [2.75, 3.05) is 14.1 Å². The van der Waals surface area contributed by atoms with E-state index in [4.69, 9.17) is 5.11 Å². The first kappa shape index (κ1) is 23.4. The van der Waals surface area contributed by atoms with Gasteiger partial charge in [0.15, 0.2) is 0 Å². The average Bonchev–Trinajstić information content (AvgIpc) is 2.52. The van der Waals surface area contributed by atoms with Crippen molar-refractivity contribution in [2.24, 2.45) is 0 Å². The lowest BCUT2D eigenvalue weighted by Crippen LogP contribution is -2.39. The van der Waals surface area contributed by atoms with Gasteiger partial charge in [0.05, 0.1) is 6.10 Å². The first-order valence-electron chi connectivity index (χ1n) is 10.0. The van der Waals surface area contributed by atoms with Crippen LogP contribution < -0.4 is 0 Å². The maximum absolute atomic E-state index is 10.5. The van der Waals surface area contributed by atoms with Gasteiger partial charge >= 0.3 is 5.97 Å². The quantitative estimate of drug-likeness (QED) is 0.371. The van der Waals surface area contributed by atoms with Crippen LogP contribution in [-0.4, -0.2) is 47.3 Å². The number of rotatable bonds is 17. The molecule has 4 nitrogen and oxygen atoms in total. The standard InChI is InChI=1S/C20H41NO3/c1-4-5-6-7-10-13-16-19(22)18(21(2)3)15-12-9-8-11-14-17-20(23)24/h18-19,22H,4-17H2,1-3H3,(H,23,24). The normalized spacial score (nSPS) is 14.0. The van der Waals surface area contributed by atoms with Gasteiger partial charge in [0, 0.05) is 12.5 Å². The van der Waals surface area contributed by atoms with Crippen molar-refractivity contribution in [3.63, 3.8) is 0 Å². The van der Waals surface area contributed by atoms with E-state index in [2.05, 4.69) is 25.9 Å². The number of aliphatic hydroxyl groups is 1. The van der Waals surface area contributed by atoms with E-state index >= 15 is 0 Å². The Kier molecular flexibility index (Phi) is 15.5. The molecule has 0 heterocycles. The van der Waals surface area contributed by atoms with Crippen molar-refractivity contribution in [3.05, 3.63) is 0 Å². The highest BCUT2D eigenvalue weighted by Gasteiger charge is 2.20. The number of aliphatic hydroxyl groups excluding tert-OH is 1. The lowest BCUT2D eigenvalue weighted by molar-refractivity contribution is -0.137. The summed E-state index contributed by atoms with van der Waals surface area (Å²) < 4.78 is 0. The summed E-state index contributed by atoms with van der Waals surface area (Å²) in [6.07, 6.45) is 14.7. The summed E-state index contributed by atoms with van der Waals surface area (Å²) in [5, 5.41) is 19.1. The minimum absolute atomic E-state index is 0.224. The summed E-state index contributed by atoms with van der Waals surface area (Å²) >= 11 is 0. The molecule has 0 aliphatic heterocycles. The summed E-state index contributed by atoms with van der Waals surface area (Å²) in [7, 11) is 4.12. The summed E-state index contributed by atoms with van der Waals surface area (Å²) in [6.45, 7) is 2.23. The first-order chi connectivity index (χ1) is 11.5. The zero-order valence-corrected chi connectivity index (χ0v) is 16.3. The summed E-state index contributed by atoms with van der Waals surface area (Å²) in [4.78, 5) is 12.6. The molecule has 0 amide bonds. The second-order valence-electron chi connectivity index (χ2n) is 7.35. The van der Waals surface area contributed by atoms with E-state index in [1.807, 2.05) is 0 Å². The molecule has 0 spiro atoms. The van der Waals surface area contributed by atoms with Gasteiger partial charge in [-0.2, -0.15) is 0 Å². The van der Waals surface area contributed by atoms with Gasteiger partial charge in [0.2, 0.25) is 0 Å². The SMILES string of the molecule is CCCCCCCCC(O)C(CCCCCCCC(=O)O)N(C)C. The Bertz CT molecular complexity index is 295. The highest BCUT2D eigenvalue weighted by Crippen LogP contribution is 2.18. The van der Waals surface area contributed by atoms with Crippen molar-refractivity contribution in [1.29, 1.82) is 0 Å². The smallest absolute Gasteiger partial charge is 0.303 e. The number of hydrogen-bond donors (Lipinski definition) is 2. The molecule has 0 rings (SSSR count). The molecule has 0 radical (unpaired) electrons. The van der Waals surface area contributed by atoms with Crippen LogP contribution in [0.2, 0.25) is 0 Å². The molecule has 0 bridgehead atoms. The molecule has 0 aromatic rings. The Labute approximate surface area is 149 Å².